The summed E-state index contributed by atoms with van der Waals surface area (Å²) in [5.41, 5.74) is 9.14. The molecule has 7 nitrogen and oxygen atoms in total. The Balaban J connectivity index is 1.80. The van der Waals surface area contributed by atoms with Crippen LogP contribution < -0.4 is 15.8 Å². The maximum atomic E-state index is 12.4. The van der Waals surface area contributed by atoms with Gasteiger partial charge in [-0.05, 0) is 36.8 Å². The molecule has 0 bridgehead atoms. The van der Waals surface area contributed by atoms with Crippen LogP contribution in [0.3, 0.4) is 0 Å². The first-order valence-electron chi connectivity index (χ1n) is 7.85. The van der Waals surface area contributed by atoms with Crippen LogP contribution in [-0.4, -0.2) is 27.3 Å². The van der Waals surface area contributed by atoms with E-state index in [0.29, 0.717) is 23.7 Å². The average molecular weight is 337 g/mol. The van der Waals surface area contributed by atoms with Gasteiger partial charge in [0.15, 0.2) is 0 Å². The van der Waals surface area contributed by atoms with E-state index in [0.717, 1.165) is 11.1 Å². The lowest BCUT2D eigenvalue weighted by Crippen LogP contribution is -2.14. The number of ether oxygens (including phenoxy) is 1. The first kappa shape index (κ1) is 16.5. The fourth-order valence-electron chi connectivity index (χ4n) is 2.37. The number of nitrogens with zero attached hydrogens (tertiary/aromatic N) is 3. The molecular weight excluding hydrogens is 318 g/mol. The molecule has 3 N–H and O–H groups in total. The molecule has 3 rings (SSSR count). The number of anilines is 2. The molecule has 0 atom stereocenters. The van der Waals surface area contributed by atoms with Crippen molar-refractivity contribution < 1.29 is 9.53 Å². The number of rotatable bonds is 5. The number of benzene rings is 1. The molecule has 0 saturated heterocycles. The number of carbonyl (C=O) groups is 1. The van der Waals surface area contributed by atoms with Crippen LogP contribution in [0.4, 0.5) is 11.4 Å². The van der Waals surface area contributed by atoms with Gasteiger partial charge in [0.2, 0.25) is 0 Å². The van der Waals surface area contributed by atoms with Gasteiger partial charge < -0.3 is 15.8 Å². The largest absolute Gasteiger partial charge is 0.492 e. The maximum Gasteiger partial charge on any atom is 0.274 e. The summed E-state index contributed by atoms with van der Waals surface area (Å²) in [7, 11) is 1.85. The van der Waals surface area contributed by atoms with Crippen LogP contribution in [0.5, 0.6) is 5.75 Å². The smallest absolute Gasteiger partial charge is 0.274 e. The van der Waals surface area contributed by atoms with Crippen molar-refractivity contribution in [2.45, 2.75) is 6.92 Å². The minimum atomic E-state index is -0.335. The van der Waals surface area contributed by atoms with Gasteiger partial charge in [-0.3, -0.25) is 9.48 Å². The highest BCUT2D eigenvalue weighted by molar-refractivity contribution is 6.04. The van der Waals surface area contributed by atoms with Gasteiger partial charge in [0.05, 0.1) is 30.4 Å². The van der Waals surface area contributed by atoms with E-state index in [2.05, 4.69) is 15.4 Å². The predicted molar refractivity (Wildman–Crippen MR) is 96.4 cm³/mol. The van der Waals surface area contributed by atoms with Gasteiger partial charge in [0.25, 0.3) is 5.91 Å². The summed E-state index contributed by atoms with van der Waals surface area (Å²) in [5, 5.41) is 6.95. The van der Waals surface area contributed by atoms with Crippen molar-refractivity contribution in [3.63, 3.8) is 0 Å². The third-order valence-corrected chi connectivity index (χ3v) is 3.62. The molecule has 3 aromatic rings. The van der Waals surface area contributed by atoms with Crippen molar-refractivity contribution in [1.29, 1.82) is 0 Å². The number of hydrogen-bond acceptors (Lipinski definition) is 5. The van der Waals surface area contributed by atoms with E-state index in [1.54, 1.807) is 29.1 Å². The van der Waals surface area contributed by atoms with Crippen LogP contribution >= 0.6 is 0 Å². The minimum Gasteiger partial charge on any atom is -0.492 e. The number of carbonyl (C=O) groups excluding carboxylic acids is 1. The van der Waals surface area contributed by atoms with Crippen molar-refractivity contribution in [1.82, 2.24) is 14.8 Å². The van der Waals surface area contributed by atoms with Crippen LogP contribution in [0, 0.1) is 0 Å². The van der Waals surface area contributed by atoms with E-state index in [4.69, 9.17) is 10.5 Å². The fourth-order valence-corrected chi connectivity index (χ4v) is 2.37. The Morgan fingerprint density at radius 1 is 1.24 bits per heavy atom. The average Bonchev–Trinajstić information content (AvgIpc) is 3.04. The van der Waals surface area contributed by atoms with Gasteiger partial charge in [0, 0.05) is 18.8 Å². The van der Waals surface area contributed by atoms with Crippen LogP contribution in [0.15, 0.2) is 48.9 Å². The van der Waals surface area contributed by atoms with Gasteiger partial charge in [-0.25, -0.2) is 4.98 Å². The second kappa shape index (κ2) is 7.04. The number of amides is 1. The van der Waals surface area contributed by atoms with E-state index in [-0.39, 0.29) is 11.6 Å². The lowest BCUT2D eigenvalue weighted by molar-refractivity contribution is 0.102. The van der Waals surface area contributed by atoms with Crippen LogP contribution in [0.25, 0.3) is 11.1 Å². The number of nitrogens with two attached hydrogens (primary N) is 1. The standard InChI is InChI=1S/C18H19N5O2/c1-3-25-14-5-7-16(20-10-14)18(24)22-17-8-12(4-6-15(17)19)13-9-21-23(2)11-13/h4-11H,3,19H2,1-2H3,(H,22,24). The summed E-state index contributed by atoms with van der Waals surface area (Å²) in [6, 6.07) is 8.78. The number of aryl methyl sites for hydroxylation is 1. The molecule has 0 saturated carbocycles. The highest BCUT2D eigenvalue weighted by Crippen LogP contribution is 2.27. The zero-order chi connectivity index (χ0) is 17.8. The molecule has 0 unspecified atom stereocenters. The normalized spacial score (nSPS) is 10.5. The summed E-state index contributed by atoms with van der Waals surface area (Å²) >= 11 is 0. The number of pyridine rings is 1. The second-order valence-electron chi connectivity index (χ2n) is 5.47. The van der Waals surface area contributed by atoms with Crippen molar-refractivity contribution >= 4 is 17.3 Å². The Kier molecular flexibility index (Phi) is 4.65. The molecular formula is C18H19N5O2. The Morgan fingerprint density at radius 2 is 2.08 bits per heavy atom. The number of aromatic nitrogens is 3. The van der Waals surface area contributed by atoms with Crippen molar-refractivity contribution in [2.24, 2.45) is 7.05 Å². The SMILES string of the molecule is CCOc1ccc(C(=O)Nc2cc(-c3cnn(C)c3)ccc2N)nc1. The maximum absolute atomic E-state index is 12.4. The minimum absolute atomic E-state index is 0.287. The zero-order valence-corrected chi connectivity index (χ0v) is 14.1. The molecule has 7 heteroatoms. The fraction of sp³-hybridized carbons (Fsp3) is 0.167. The summed E-state index contributed by atoms with van der Waals surface area (Å²) in [6.07, 6.45) is 5.17. The lowest BCUT2D eigenvalue weighted by atomic mass is 10.1. The molecule has 0 fully saturated rings. The first-order valence-corrected chi connectivity index (χ1v) is 7.85. The number of nitrogen functional groups attached to an aromatic ring is 1. The highest BCUT2D eigenvalue weighted by atomic mass is 16.5. The molecule has 2 aromatic heterocycles. The molecule has 1 aromatic carbocycles. The van der Waals surface area contributed by atoms with E-state index in [1.807, 2.05) is 32.3 Å². The van der Waals surface area contributed by atoms with Gasteiger partial charge >= 0.3 is 0 Å². The Hall–Kier alpha value is -3.35. The molecule has 25 heavy (non-hydrogen) atoms. The van der Waals surface area contributed by atoms with Crippen molar-refractivity contribution in [2.75, 3.05) is 17.7 Å². The quantitative estimate of drug-likeness (QED) is 0.698. The van der Waals surface area contributed by atoms with Gasteiger partial charge in [0.1, 0.15) is 11.4 Å². The van der Waals surface area contributed by atoms with Crippen LogP contribution in [0.2, 0.25) is 0 Å². The summed E-state index contributed by atoms with van der Waals surface area (Å²) in [4.78, 5) is 16.5. The van der Waals surface area contributed by atoms with E-state index < -0.39 is 0 Å². The molecule has 2 heterocycles. The Labute approximate surface area is 145 Å². The van der Waals surface area contributed by atoms with E-state index >= 15 is 0 Å². The molecule has 0 aliphatic carbocycles. The molecule has 128 valence electrons. The second-order valence-corrected chi connectivity index (χ2v) is 5.47. The first-order chi connectivity index (χ1) is 12.1. The third-order valence-electron chi connectivity index (χ3n) is 3.62. The van der Waals surface area contributed by atoms with E-state index in [1.165, 1.54) is 6.20 Å². The zero-order valence-electron chi connectivity index (χ0n) is 14.1. The van der Waals surface area contributed by atoms with Crippen LogP contribution in [0.1, 0.15) is 17.4 Å². The van der Waals surface area contributed by atoms with Gasteiger partial charge in [-0.1, -0.05) is 6.07 Å². The van der Waals surface area contributed by atoms with E-state index in [9.17, 15) is 4.79 Å². The molecule has 0 aliphatic rings. The monoisotopic (exact) mass is 337 g/mol. The topological polar surface area (TPSA) is 95.1 Å². The molecule has 0 spiro atoms. The molecule has 0 radical (unpaired) electrons. The van der Waals surface area contributed by atoms with Gasteiger partial charge in [-0.15, -0.1) is 0 Å². The summed E-state index contributed by atoms with van der Waals surface area (Å²) in [6.45, 7) is 2.43. The Bertz CT molecular complexity index is 887. The summed E-state index contributed by atoms with van der Waals surface area (Å²) in [5.74, 6) is 0.287. The Morgan fingerprint density at radius 3 is 2.72 bits per heavy atom. The summed E-state index contributed by atoms with van der Waals surface area (Å²) < 4.78 is 7.04. The molecule has 1 amide bonds. The van der Waals surface area contributed by atoms with Crippen molar-refractivity contribution in [3.8, 4) is 16.9 Å². The third kappa shape index (κ3) is 3.77. The highest BCUT2D eigenvalue weighted by Gasteiger charge is 2.11. The number of nitrogens with one attached hydrogen (secondary N) is 1. The van der Waals surface area contributed by atoms with Gasteiger partial charge in [-0.2, -0.15) is 5.10 Å². The lowest BCUT2D eigenvalue weighted by Gasteiger charge is -2.10. The molecule has 0 aliphatic heterocycles. The van der Waals surface area contributed by atoms with Crippen LogP contribution in [-0.2, 0) is 7.05 Å². The van der Waals surface area contributed by atoms with Crippen molar-refractivity contribution in [3.05, 3.63) is 54.6 Å². The number of hydrogen-bond donors (Lipinski definition) is 2. The predicted octanol–water partition coefficient (Wildman–Crippen LogP) is 2.72.